The number of amides is 1. The van der Waals surface area contributed by atoms with Crippen LogP contribution in [-0.4, -0.2) is 33.9 Å². The first-order valence-corrected chi connectivity index (χ1v) is 5.52. The summed E-state index contributed by atoms with van der Waals surface area (Å²) in [5, 5.41) is 6.63. The van der Waals surface area contributed by atoms with E-state index in [4.69, 9.17) is 0 Å². The Bertz CT molecular complexity index is 521. The minimum absolute atomic E-state index is 0.0465. The third-order valence-corrected chi connectivity index (χ3v) is 2.64. The molecular weight excluding hydrogens is 218 g/mol. The fourth-order valence-corrected chi connectivity index (χ4v) is 1.68. The average Bonchev–Trinajstić information content (AvgIpc) is 2.83. The monoisotopic (exact) mass is 233 g/mol. The molecule has 6 nitrogen and oxygen atoms in total. The van der Waals surface area contributed by atoms with E-state index in [9.17, 15) is 4.79 Å². The molecule has 17 heavy (non-hydrogen) atoms. The van der Waals surface area contributed by atoms with Crippen LogP contribution in [0.4, 0.5) is 5.82 Å². The Hall–Kier alpha value is -2.11. The van der Waals surface area contributed by atoms with Crippen LogP contribution in [-0.2, 0) is 4.79 Å². The van der Waals surface area contributed by atoms with Gasteiger partial charge >= 0.3 is 0 Å². The number of anilines is 1. The maximum Gasteiger partial charge on any atom is 0.242 e. The lowest BCUT2D eigenvalue weighted by Gasteiger charge is -2.16. The van der Waals surface area contributed by atoms with Crippen molar-refractivity contribution >= 4 is 22.8 Å². The van der Waals surface area contributed by atoms with Crippen LogP contribution in [0.25, 0.3) is 11.0 Å². The number of nitrogens with one attached hydrogen (secondary N) is 3. The Kier molecular flexibility index (Phi) is 3.22. The number of nitrogens with zero attached hydrogens (tertiary/aromatic N) is 2. The Morgan fingerprint density at radius 1 is 1.53 bits per heavy atom. The maximum absolute atomic E-state index is 11.6. The van der Waals surface area contributed by atoms with Gasteiger partial charge in [0.2, 0.25) is 5.91 Å². The summed E-state index contributed by atoms with van der Waals surface area (Å²) in [5.74, 6) is 0.626. The Morgan fingerprint density at radius 3 is 3.06 bits per heavy atom. The van der Waals surface area contributed by atoms with Gasteiger partial charge in [0, 0.05) is 13.2 Å². The second-order valence-electron chi connectivity index (χ2n) is 3.68. The molecule has 1 amide bonds. The molecule has 2 aromatic rings. The molecule has 90 valence electrons. The lowest BCUT2D eigenvalue weighted by Crippen LogP contribution is -2.37. The molecule has 2 aromatic heterocycles. The summed E-state index contributed by atoms with van der Waals surface area (Å²) in [5.41, 5.74) is 0.759. The van der Waals surface area contributed by atoms with Crippen molar-refractivity contribution in [3.8, 4) is 0 Å². The number of carbonyl (C=O) groups excluding carboxylic acids is 1. The molecule has 0 aliphatic rings. The number of carbonyl (C=O) groups is 1. The third-order valence-electron chi connectivity index (χ3n) is 2.64. The van der Waals surface area contributed by atoms with E-state index in [1.54, 1.807) is 13.2 Å². The van der Waals surface area contributed by atoms with E-state index in [1.165, 1.54) is 6.33 Å². The van der Waals surface area contributed by atoms with Crippen molar-refractivity contribution < 1.29 is 4.79 Å². The van der Waals surface area contributed by atoms with E-state index >= 15 is 0 Å². The molecule has 0 spiro atoms. The van der Waals surface area contributed by atoms with Crippen molar-refractivity contribution in [1.82, 2.24) is 20.3 Å². The van der Waals surface area contributed by atoms with E-state index in [-0.39, 0.29) is 11.9 Å². The van der Waals surface area contributed by atoms with Gasteiger partial charge in [0.1, 0.15) is 23.8 Å². The first-order chi connectivity index (χ1) is 8.26. The third kappa shape index (κ3) is 2.20. The van der Waals surface area contributed by atoms with Gasteiger partial charge in [-0.3, -0.25) is 4.79 Å². The van der Waals surface area contributed by atoms with E-state index in [0.29, 0.717) is 12.2 Å². The van der Waals surface area contributed by atoms with Crippen LogP contribution in [0.5, 0.6) is 0 Å². The number of hydrogen-bond acceptors (Lipinski definition) is 4. The number of H-pyrrole nitrogens is 1. The Morgan fingerprint density at radius 2 is 2.35 bits per heavy atom. The van der Waals surface area contributed by atoms with Crippen molar-refractivity contribution in [2.75, 3.05) is 12.4 Å². The van der Waals surface area contributed by atoms with Gasteiger partial charge in [-0.2, -0.15) is 0 Å². The van der Waals surface area contributed by atoms with Gasteiger partial charge in [0.05, 0.1) is 5.39 Å². The standard InChI is InChI=1S/C11H15N5O/c1-3-8(11(17)12-2)16-10-7-4-5-13-9(7)14-6-15-10/h4-6,8H,3H2,1-2H3,(H,12,17)(H2,13,14,15,16)/t8-/m1/s1. The zero-order chi connectivity index (χ0) is 12.3. The summed E-state index contributed by atoms with van der Waals surface area (Å²) in [6, 6.07) is 1.60. The summed E-state index contributed by atoms with van der Waals surface area (Å²) < 4.78 is 0. The number of rotatable bonds is 4. The SMILES string of the molecule is CC[C@@H](Nc1ncnc2[nH]ccc12)C(=O)NC. The highest BCUT2D eigenvalue weighted by molar-refractivity contribution is 5.90. The van der Waals surface area contributed by atoms with Crippen molar-refractivity contribution in [2.45, 2.75) is 19.4 Å². The maximum atomic E-state index is 11.6. The van der Waals surface area contributed by atoms with Gasteiger partial charge in [0.15, 0.2) is 0 Å². The quantitative estimate of drug-likeness (QED) is 0.732. The van der Waals surface area contributed by atoms with E-state index in [0.717, 1.165) is 11.0 Å². The average molecular weight is 233 g/mol. The molecule has 2 rings (SSSR count). The van der Waals surface area contributed by atoms with Crippen LogP contribution >= 0.6 is 0 Å². The molecule has 0 fully saturated rings. The first kappa shape index (κ1) is 11.4. The zero-order valence-electron chi connectivity index (χ0n) is 9.82. The van der Waals surface area contributed by atoms with Crippen LogP contribution in [0.2, 0.25) is 0 Å². The van der Waals surface area contributed by atoms with Gasteiger partial charge in [-0.25, -0.2) is 9.97 Å². The Balaban J connectivity index is 2.28. The normalized spacial score (nSPS) is 12.4. The molecule has 0 unspecified atom stereocenters. The number of fused-ring (bicyclic) bond motifs is 1. The number of aromatic nitrogens is 3. The molecule has 3 N–H and O–H groups in total. The van der Waals surface area contributed by atoms with Gasteiger partial charge in [-0.05, 0) is 12.5 Å². The van der Waals surface area contributed by atoms with E-state index in [1.807, 2.05) is 13.0 Å². The number of aromatic amines is 1. The first-order valence-electron chi connectivity index (χ1n) is 5.52. The predicted octanol–water partition coefficient (Wildman–Crippen LogP) is 0.894. The van der Waals surface area contributed by atoms with Crippen LogP contribution in [0.15, 0.2) is 18.6 Å². The minimum Gasteiger partial charge on any atom is -0.358 e. The molecule has 1 atom stereocenters. The van der Waals surface area contributed by atoms with Crippen molar-refractivity contribution in [3.05, 3.63) is 18.6 Å². The highest BCUT2D eigenvalue weighted by Crippen LogP contribution is 2.18. The fourth-order valence-electron chi connectivity index (χ4n) is 1.68. The minimum atomic E-state index is -0.284. The molecule has 0 saturated carbocycles. The van der Waals surface area contributed by atoms with Crippen molar-refractivity contribution in [1.29, 1.82) is 0 Å². The van der Waals surface area contributed by atoms with Gasteiger partial charge in [0.25, 0.3) is 0 Å². The van der Waals surface area contributed by atoms with Crippen LogP contribution in [0, 0.1) is 0 Å². The summed E-state index contributed by atoms with van der Waals surface area (Å²) in [6.45, 7) is 1.95. The topological polar surface area (TPSA) is 82.7 Å². The number of hydrogen-bond donors (Lipinski definition) is 3. The highest BCUT2D eigenvalue weighted by Gasteiger charge is 2.16. The van der Waals surface area contributed by atoms with E-state index in [2.05, 4.69) is 25.6 Å². The lowest BCUT2D eigenvalue weighted by molar-refractivity contribution is -0.121. The molecule has 6 heteroatoms. The lowest BCUT2D eigenvalue weighted by atomic mass is 10.2. The van der Waals surface area contributed by atoms with Crippen LogP contribution in [0.1, 0.15) is 13.3 Å². The summed E-state index contributed by atoms with van der Waals surface area (Å²) in [7, 11) is 1.62. The molecule has 0 saturated heterocycles. The molecular formula is C11H15N5O. The fraction of sp³-hybridized carbons (Fsp3) is 0.364. The highest BCUT2D eigenvalue weighted by atomic mass is 16.2. The van der Waals surface area contributed by atoms with Crippen molar-refractivity contribution in [3.63, 3.8) is 0 Å². The molecule has 0 aliphatic heterocycles. The van der Waals surface area contributed by atoms with E-state index < -0.39 is 0 Å². The molecule has 0 radical (unpaired) electrons. The Labute approximate surface area is 98.8 Å². The molecule has 0 aromatic carbocycles. The zero-order valence-corrected chi connectivity index (χ0v) is 9.82. The van der Waals surface area contributed by atoms with Gasteiger partial charge < -0.3 is 15.6 Å². The summed E-state index contributed by atoms with van der Waals surface area (Å²) in [4.78, 5) is 22.9. The van der Waals surface area contributed by atoms with Crippen LogP contribution < -0.4 is 10.6 Å². The van der Waals surface area contributed by atoms with Crippen molar-refractivity contribution in [2.24, 2.45) is 0 Å². The van der Waals surface area contributed by atoms with Gasteiger partial charge in [-0.1, -0.05) is 6.92 Å². The second kappa shape index (κ2) is 4.82. The summed E-state index contributed by atoms with van der Waals surface area (Å²) >= 11 is 0. The smallest absolute Gasteiger partial charge is 0.242 e. The van der Waals surface area contributed by atoms with Gasteiger partial charge in [-0.15, -0.1) is 0 Å². The largest absolute Gasteiger partial charge is 0.358 e. The molecule has 0 bridgehead atoms. The second-order valence-corrected chi connectivity index (χ2v) is 3.68. The summed E-state index contributed by atoms with van der Waals surface area (Å²) in [6.07, 6.45) is 3.96. The molecule has 0 aliphatic carbocycles. The molecule has 2 heterocycles. The predicted molar refractivity (Wildman–Crippen MR) is 65.7 cm³/mol. The number of likely N-dealkylation sites (N-methyl/N-ethyl adjacent to an activating group) is 1. The van der Waals surface area contributed by atoms with Crippen LogP contribution in [0.3, 0.4) is 0 Å².